The van der Waals surface area contributed by atoms with Crippen LogP contribution in [0.1, 0.15) is 0 Å². The van der Waals surface area contributed by atoms with Crippen molar-refractivity contribution in [3.8, 4) is 0 Å². The molecule has 2 amide bonds. The van der Waals surface area contributed by atoms with Crippen LogP contribution in [0.5, 0.6) is 0 Å². The molecule has 2 unspecified atom stereocenters. The van der Waals surface area contributed by atoms with Gasteiger partial charge in [0.15, 0.2) is 0 Å². The molecule has 86 valence electrons. The number of nitrogens with two attached hydrogens (primary N) is 1. The summed E-state index contributed by atoms with van der Waals surface area (Å²) in [5, 5.41) is 2.55. The van der Waals surface area contributed by atoms with Crippen molar-refractivity contribution in [1.29, 1.82) is 0 Å². The molecule has 0 aliphatic carbocycles. The molecular weight excluding hydrogens is 198 g/mol. The lowest BCUT2D eigenvalue weighted by Gasteiger charge is -2.15. The topological polar surface area (TPSA) is 84.7 Å². The Morgan fingerprint density at radius 1 is 1.47 bits per heavy atom. The van der Waals surface area contributed by atoms with E-state index in [4.69, 9.17) is 10.5 Å². The number of rotatable bonds is 3. The summed E-state index contributed by atoms with van der Waals surface area (Å²) in [7, 11) is 3.28. The van der Waals surface area contributed by atoms with E-state index in [1.165, 1.54) is 4.90 Å². The van der Waals surface area contributed by atoms with Crippen molar-refractivity contribution >= 4 is 11.8 Å². The number of ether oxygens (including phenoxy) is 1. The zero-order valence-electron chi connectivity index (χ0n) is 9.03. The molecule has 6 nitrogen and oxygen atoms in total. The second-order valence-electron chi connectivity index (χ2n) is 3.81. The molecule has 0 aromatic carbocycles. The van der Waals surface area contributed by atoms with Crippen molar-refractivity contribution in [1.82, 2.24) is 10.2 Å². The Labute approximate surface area is 88.7 Å². The molecule has 15 heavy (non-hydrogen) atoms. The second-order valence-corrected chi connectivity index (χ2v) is 3.81. The lowest BCUT2D eigenvalue weighted by atomic mass is 10.0. The first-order valence-electron chi connectivity index (χ1n) is 4.83. The summed E-state index contributed by atoms with van der Waals surface area (Å²) in [6, 6.07) is -0.264. The van der Waals surface area contributed by atoms with Crippen LogP contribution in [0.15, 0.2) is 0 Å². The van der Waals surface area contributed by atoms with Crippen LogP contribution in [0.25, 0.3) is 0 Å². The van der Waals surface area contributed by atoms with Gasteiger partial charge in [-0.05, 0) is 0 Å². The molecule has 0 radical (unpaired) electrons. The van der Waals surface area contributed by atoms with Crippen molar-refractivity contribution in [3.63, 3.8) is 0 Å². The van der Waals surface area contributed by atoms with E-state index >= 15 is 0 Å². The van der Waals surface area contributed by atoms with E-state index in [-0.39, 0.29) is 30.3 Å². The standard InChI is InChI=1S/C9H17N3O3/c1-12(2)8(13)3-11-9(14)6-4-15-5-7(6)10/h6-7H,3-5,10H2,1-2H3,(H,11,14). The molecule has 3 N–H and O–H groups in total. The van der Waals surface area contributed by atoms with Gasteiger partial charge in [0.05, 0.1) is 25.7 Å². The quantitative estimate of drug-likeness (QED) is 0.579. The second kappa shape index (κ2) is 5.09. The van der Waals surface area contributed by atoms with Gasteiger partial charge in [-0.2, -0.15) is 0 Å². The van der Waals surface area contributed by atoms with Crippen LogP contribution in [0.4, 0.5) is 0 Å². The fourth-order valence-electron chi connectivity index (χ4n) is 1.29. The number of carbonyl (C=O) groups excluding carboxylic acids is 2. The van der Waals surface area contributed by atoms with E-state index in [1.807, 2.05) is 0 Å². The zero-order chi connectivity index (χ0) is 11.4. The van der Waals surface area contributed by atoms with Crippen molar-refractivity contribution in [2.75, 3.05) is 33.9 Å². The third-order valence-corrected chi connectivity index (χ3v) is 2.37. The Hall–Kier alpha value is -1.14. The summed E-state index contributed by atoms with van der Waals surface area (Å²) in [5.74, 6) is -0.689. The van der Waals surface area contributed by atoms with Gasteiger partial charge in [-0.3, -0.25) is 9.59 Å². The van der Waals surface area contributed by atoms with Gasteiger partial charge in [-0.25, -0.2) is 0 Å². The van der Waals surface area contributed by atoms with Crippen LogP contribution in [-0.2, 0) is 14.3 Å². The van der Waals surface area contributed by atoms with Crippen molar-refractivity contribution in [3.05, 3.63) is 0 Å². The van der Waals surface area contributed by atoms with Crippen LogP contribution >= 0.6 is 0 Å². The van der Waals surface area contributed by atoms with Crippen LogP contribution in [0, 0.1) is 5.92 Å². The van der Waals surface area contributed by atoms with Crippen LogP contribution in [0.3, 0.4) is 0 Å². The normalized spacial score (nSPS) is 25.0. The summed E-state index contributed by atoms with van der Waals surface area (Å²) in [5.41, 5.74) is 5.66. The third kappa shape index (κ3) is 3.17. The Balaban J connectivity index is 2.33. The predicted octanol–water partition coefficient (Wildman–Crippen LogP) is -1.84. The maximum Gasteiger partial charge on any atom is 0.241 e. The first-order valence-corrected chi connectivity index (χ1v) is 4.83. The SMILES string of the molecule is CN(C)C(=O)CNC(=O)C1COCC1N. The minimum atomic E-state index is -0.333. The summed E-state index contributed by atoms with van der Waals surface area (Å²) in [6.07, 6.45) is 0. The predicted molar refractivity (Wildman–Crippen MR) is 54.0 cm³/mol. The van der Waals surface area contributed by atoms with Gasteiger partial charge in [-0.15, -0.1) is 0 Å². The molecule has 1 fully saturated rings. The average molecular weight is 215 g/mol. The number of amides is 2. The molecular formula is C9H17N3O3. The molecule has 1 aliphatic rings. The summed E-state index contributed by atoms with van der Waals surface area (Å²) >= 11 is 0. The molecule has 0 saturated carbocycles. The van der Waals surface area contributed by atoms with E-state index < -0.39 is 0 Å². The summed E-state index contributed by atoms with van der Waals surface area (Å²) in [4.78, 5) is 24.2. The van der Waals surface area contributed by atoms with Gasteiger partial charge in [0.1, 0.15) is 0 Å². The molecule has 6 heteroatoms. The van der Waals surface area contributed by atoms with Crippen LogP contribution < -0.4 is 11.1 Å². The van der Waals surface area contributed by atoms with E-state index in [9.17, 15) is 9.59 Å². The van der Waals surface area contributed by atoms with E-state index in [0.29, 0.717) is 13.2 Å². The van der Waals surface area contributed by atoms with E-state index in [1.54, 1.807) is 14.1 Å². The average Bonchev–Trinajstić information content (AvgIpc) is 2.60. The number of hydrogen-bond acceptors (Lipinski definition) is 4. The monoisotopic (exact) mass is 215 g/mol. The molecule has 1 saturated heterocycles. The first kappa shape index (κ1) is 11.9. The Kier molecular flexibility index (Phi) is 4.05. The summed E-state index contributed by atoms with van der Waals surface area (Å²) < 4.78 is 5.06. The lowest BCUT2D eigenvalue weighted by molar-refractivity contribution is -0.132. The minimum absolute atomic E-state index is 0.00898. The van der Waals surface area contributed by atoms with Crippen LogP contribution in [0.2, 0.25) is 0 Å². The molecule has 0 spiro atoms. The fraction of sp³-hybridized carbons (Fsp3) is 0.778. The maximum atomic E-state index is 11.5. The van der Waals surface area contributed by atoms with Crippen molar-refractivity contribution in [2.45, 2.75) is 6.04 Å². The highest BCUT2D eigenvalue weighted by Crippen LogP contribution is 2.11. The number of hydrogen-bond donors (Lipinski definition) is 2. The molecule has 1 heterocycles. The van der Waals surface area contributed by atoms with Gasteiger partial charge in [0.25, 0.3) is 0 Å². The molecule has 1 rings (SSSR count). The minimum Gasteiger partial charge on any atom is -0.379 e. The number of nitrogens with one attached hydrogen (secondary N) is 1. The van der Waals surface area contributed by atoms with Crippen molar-refractivity contribution in [2.24, 2.45) is 11.7 Å². The Morgan fingerprint density at radius 3 is 2.60 bits per heavy atom. The van der Waals surface area contributed by atoms with Gasteiger partial charge < -0.3 is 20.7 Å². The highest BCUT2D eigenvalue weighted by molar-refractivity contribution is 5.86. The van der Waals surface area contributed by atoms with E-state index in [2.05, 4.69) is 5.32 Å². The number of nitrogens with zero attached hydrogens (tertiary/aromatic N) is 1. The number of carbonyl (C=O) groups is 2. The molecule has 2 atom stereocenters. The Bertz CT molecular complexity index is 255. The third-order valence-electron chi connectivity index (χ3n) is 2.37. The summed E-state index contributed by atoms with van der Waals surface area (Å²) in [6.45, 7) is 0.748. The largest absolute Gasteiger partial charge is 0.379 e. The molecule has 0 aromatic rings. The highest BCUT2D eigenvalue weighted by atomic mass is 16.5. The van der Waals surface area contributed by atoms with Crippen LogP contribution in [-0.4, -0.2) is 56.6 Å². The first-order chi connectivity index (χ1) is 7.02. The zero-order valence-corrected chi connectivity index (χ0v) is 9.03. The fourth-order valence-corrected chi connectivity index (χ4v) is 1.29. The Morgan fingerprint density at radius 2 is 2.13 bits per heavy atom. The molecule has 0 bridgehead atoms. The smallest absolute Gasteiger partial charge is 0.241 e. The van der Waals surface area contributed by atoms with Crippen molar-refractivity contribution < 1.29 is 14.3 Å². The van der Waals surface area contributed by atoms with Gasteiger partial charge in [-0.1, -0.05) is 0 Å². The van der Waals surface area contributed by atoms with Gasteiger partial charge in [0.2, 0.25) is 11.8 Å². The molecule has 0 aromatic heterocycles. The van der Waals surface area contributed by atoms with Gasteiger partial charge >= 0.3 is 0 Å². The maximum absolute atomic E-state index is 11.5. The van der Waals surface area contributed by atoms with E-state index in [0.717, 1.165) is 0 Å². The molecule has 1 aliphatic heterocycles. The lowest BCUT2D eigenvalue weighted by Crippen LogP contribution is -2.44. The van der Waals surface area contributed by atoms with Gasteiger partial charge in [0, 0.05) is 20.1 Å². The highest BCUT2D eigenvalue weighted by Gasteiger charge is 2.31. The number of likely N-dealkylation sites (N-methyl/N-ethyl adjacent to an activating group) is 1.